The quantitative estimate of drug-likeness (QED) is 0.0239. The van der Waals surface area contributed by atoms with Crippen LogP contribution < -0.4 is 49.6 Å². The molecule has 0 aromatic carbocycles. The van der Waals surface area contributed by atoms with E-state index in [0.29, 0.717) is 65.1 Å². The first kappa shape index (κ1) is 96.4. The minimum Gasteiger partial charge on any atom is -1.00 e. The highest BCUT2D eigenvalue weighted by molar-refractivity contribution is 5.73. The van der Waals surface area contributed by atoms with Crippen molar-refractivity contribution >= 4 is 59.7 Å². The van der Waals surface area contributed by atoms with E-state index in [4.69, 9.17) is 47.4 Å². The van der Waals surface area contributed by atoms with Crippen LogP contribution in [-0.2, 0) is 95.3 Å². The zero-order chi connectivity index (χ0) is 66.3. The van der Waals surface area contributed by atoms with E-state index in [2.05, 4.69) is 0 Å². The second kappa shape index (κ2) is 57.0. The molecule has 0 saturated heterocycles. The van der Waals surface area contributed by atoms with Gasteiger partial charge in [-0.25, -0.2) is 19.2 Å². The van der Waals surface area contributed by atoms with E-state index in [-0.39, 0.29) is 157 Å². The molecule has 0 spiro atoms. The summed E-state index contributed by atoms with van der Waals surface area (Å²) in [4.78, 5) is 121. The Labute approximate surface area is 575 Å². The molecule has 0 saturated carbocycles. The van der Waals surface area contributed by atoms with E-state index < -0.39 is 48.0 Å². The van der Waals surface area contributed by atoms with Gasteiger partial charge in [0.1, 0.15) is 78.0 Å². The molecule has 0 heterocycles. The summed E-state index contributed by atoms with van der Waals surface area (Å²) in [5.74, 6) is -3.69. The van der Waals surface area contributed by atoms with Gasteiger partial charge in [-0.15, -0.1) is 0 Å². The summed E-state index contributed by atoms with van der Waals surface area (Å²) < 4.78 is 54.8. The predicted molar refractivity (Wildman–Crippen MR) is 328 cm³/mol. The number of likely N-dealkylation sites (N-methyl/N-ethyl adjacent to an activating group) is 4. The van der Waals surface area contributed by atoms with Crippen LogP contribution in [0.3, 0.4) is 0 Å². The molecule has 0 aromatic rings. The molecule has 2 unspecified atom stereocenters. The summed E-state index contributed by atoms with van der Waals surface area (Å²) >= 11 is 0. The average Bonchev–Trinajstić information content (AvgIpc) is 2.19. The largest absolute Gasteiger partial charge is 1.00 e. The van der Waals surface area contributed by atoms with Gasteiger partial charge in [0, 0.05) is 40.5 Å². The molecule has 2 atom stereocenters. The summed E-state index contributed by atoms with van der Waals surface area (Å²) in [5, 5.41) is 0. The molecule has 0 aliphatic heterocycles. The van der Waals surface area contributed by atoms with Crippen LogP contribution in [0.1, 0.15) is 182 Å². The first-order valence-electron chi connectivity index (χ1n) is 32.2. The molecule has 0 amide bonds. The lowest BCUT2D eigenvalue weighted by molar-refractivity contribution is -0.883. The van der Waals surface area contributed by atoms with Crippen molar-refractivity contribution in [1.82, 2.24) is 0 Å². The molecular formula is C64H118Cl4N4O20. The number of ether oxygens (including phenoxy) is 10. The maximum atomic E-state index is 13.0. The number of hydrogen-bond donors (Lipinski definition) is 0. The molecule has 0 radical (unpaired) electrons. The number of hydrogen-bond acceptors (Lipinski definition) is 20. The highest BCUT2D eigenvalue weighted by Gasteiger charge is 2.29. The fraction of sp³-hybridized carbons (Fsp3) is 0.844. The first-order valence-corrected chi connectivity index (χ1v) is 32.2. The summed E-state index contributed by atoms with van der Waals surface area (Å²) in [5.41, 5.74) is 0. The van der Waals surface area contributed by atoms with Gasteiger partial charge in [0.05, 0.1) is 69.6 Å². The van der Waals surface area contributed by atoms with Gasteiger partial charge in [-0.3, -0.25) is 28.8 Å². The lowest BCUT2D eigenvalue weighted by atomic mass is 10.1. The molecule has 0 bridgehead atoms. The number of quaternary nitrogens is 4. The van der Waals surface area contributed by atoms with E-state index in [0.717, 1.165) is 128 Å². The van der Waals surface area contributed by atoms with Crippen LogP contribution in [0.5, 0.6) is 0 Å². The summed E-state index contributed by atoms with van der Waals surface area (Å²) in [6.45, 7) is 8.61. The van der Waals surface area contributed by atoms with Crippen LogP contribution in [0.15, 0.2) is 0 Å². The molecule has 0 aliphatic rings. The number of carbonyl (C=O) groups excluding carboxylic acids is 10. The van der Waals surface area contributed by atoms with E-state index in [1.807, 2.05) is 56.4 Å². The van der Waals surface area contributed by atoms with Crippen LogP contribution in [0.25, 0.3) is 0 Å². The monoisotopic (exact) mass is 1400 g/mol. The Hall–Kier alpha value is -4.30. The van der Waals surface area contributed by atoms with Gasteiger partial charge in [-0.2, -0.15) is 0 Å². The molecule has 92 heavy (non-hydrogen) atoms. The molecule has 0 N–H and O–H groups in total. The molecule has 24 nitrogen and oxygen atoms in total. The van der Waals surface area contributed by atoms with Gasteiger partial charge >= 0.3 is 59.7 Å². The van der Waals surface area contributed by atoms with Crippen molar-refractivity contribution in [2.24, 2.45) is 0 Å². The van der Waals surface area contributed by atoms with Gasteiger partial charge in [0.25, 0.3) is 0 Å². The number of rotatable bonds is 55. The molecule has 0 fully saturated rings. The van der Waals surface area contributed by atoms with Crippen molar-refractivity contribution in [2.75, 3.05) is 162 Å². The zero-order valence-corrected chi connectivity index (χ0v) is 60.9. The van der Waals surface area contributed by atoms with E-state index in [1.165, 1.54) is 27.7 Å². The number of nitrogens with zero attached hydrogens (tertiary/aromatic N) is 4. The van der Waals surface area contributed by atoms with Crippen molar-refractivity contribution in [1.29, 1.82) is 0 Å². The van der Waals surface area contributed by atoms with Gasteiger partial charge in [-0.05, 0) is 51.4 Å². The SMILES string of the molecule is CC(=O)OCC[N+](C)(C)CC(=O)OCC(CCCCCCCCC(=O)OCCCCCCCCCCOC(=O)CCCCCCCCC(COC(=O)C[N+](C)(C)CCOC(C)=O)OC(=O)C[N+](C)(C)CCOC(C)=O)OC(=O)C[N+](C)(C)CCOC(C)=O.[Cl-].[Cl-].[Cl-].[Cl-]. The van der Waals surface area contributed by atoms with Gasteiger partial charge < -0.3 is 115 Å². The van der Waals surface area contributed by atoms with Crippen molar-refractivity contribution in [2.45, 2.75) is 194 Å². The Balaban J connectivity index is -0.00000631. The molecule has 0 aromatic heterocycles. The fourth-order valence-electron chi connectivity index (χ4n) is 9.20. The third-order valence-electron chi connectivity index (χ3n) is 14.6. The Bertz CT molecular complexity index is 1910. The van der Waals surface area contributed by atoms with Crippen LogP contribution in [0, 0.1) is 0 Å². The van der Waals surface area contributed by atoms with Crippen LogP contribution in [0.2, 0.25) is 0 Å². The number of esters is 10. The van der Waals surface area contributed by atoms with Crippen molar-refractivity contribution < 1.29 is 163 Å². The molecule has 0 aliphatic carbocycles. The maximum absolute atomic E-state index is 13.0. The number of unbranched alkanes of at least 4 members (excludes halogenated alkanes) is 17. The van der Waals surface area contributed by atoms with E-state index >= 15 is 0 Å². The Morgan fingerprint density at radius 1 is 0.261 bits per heavy atom. The minimum atomic E-state index is -0.628. The zero-order valence-electron chi connectivity index (χ0n) is 57.9. The molecule has 28 heteroatoms. The summed E-state index contributed by atoms with van der Waals surface area (Å²) in [6, 6.07) is 0. The molecular weight excluding hydrogens is 1290 g/mol. The third kappa shape index (κ3) is 63.1. The highest BCUT2D eigenvalue weighted by atomic mass is 35.5. The smallest absolute Gasteiger partial charge is 0.362 e. The van der Waals surface area contributed by atoms with Crippen LogP contribution in [0.4, 0.5) is 0 Å². The summed E-state index contributed by atoms with van der Waals surface area (Å²) in [7, 11) is 14.7. The fourth-order valence-corrected chi connectivity index (χ4v) is 9.20. The topological polar surface area (TPSA) is 263 Å². The summed E-state index contributed by atoms with van der Waals surface area (Å²) in [6.07, 6.45) is 18.9. The lowest BCUT2D eigenvalue weighted by Crippen LogP contribution is -3.00. The van der Waals surface area contributed by atoms with Crippen molar-refractivity contribution in [3.8, 4) is 0 Å². The maximum Gasteiger partial charge on any atom is 0.362 e. The Morgan fingerprint density at radius 3 is 0.750 bits per heavy atom. The van der Waals surface area contributed by atoms with Gasteiger partial charge in [0.15, 0.2) is 26.2 Å². The first-order chi connectivity index (χ1) is 41.4. The van der Waals surface area contributed by atoms with Crippen molar-refractivity contribution in [3.05, 3.63) is 0 Å². The molecule has 0 rings (SSSR count). The van der Waals surface area contributed by atoms with Crippen LogP contribution in [-0.4, -0.2) is 251 Å². The minimum absolute atomic E-state index is 0. The number of carbonyl (C=O) groups is 10. The standard InChI is InChI=1S/C64H118N4O20.4ClH/c1-53(69)79-43-37-65(5,6)47-61(75)85-51-57(87-63(77)49-67(9,10)39-45-81-55(3)71)33-27-21-15-17-23-29-35-59(73)83-41-31-25-19-13-14-20-26-32-42-84-60(74)36-30-24-18-16-22-28-34-58(88-64(78)50-68(11,12)40-46-82-56(4)72)52-86-62(76)48-66(7,8)38-44-80-54(2)70;;;;/h57-58H,13-52H2,1-12H3;4*1H/q+4;;;;/p-4. The lowest BCUT2D eigenvalue weighted by Gasteiger charge is -2.29. The van der Waals surface area contributed by atoms with Crippen molar-refractivity contribution in [3.63, 3.8) is 0 Å². The second-order valence-electron chi connectivity index (χ2n) is 25.8. The molecule has 542 valence electrons. The normalized spacial score (nSPS) is 11.9. The Morgan fingerprint density at radius 2 is 0.489 bits per heavy atom. The van der Waals surface area contributed by atoms with E-state index in [9.17, 15) is 47.9 Å². The number of halogens is 4. The van der Waals surface area contributed by atoms with E-state index in [1.54, 1.807) is 0 Å². The van der Waals surface area contributed by atoms with Gasteiger partial charge in [0.2, 0.25) is 0 Å². The average molecular weight is 1410 g/mol. The third-order valence-corrected chi connectivity index (χ3v) is 14.6. The van der Waals surface area contributed by atoms with Gasteiger partial charge in [-0.1, -0.05) is 89.9 Å². The second-order valence-corrected chi connectivity index (χ2v) is 25.8. The highest BCUT2D eigenvalue weighted by Crippen LogP contribution is 2.17. The van der Waals surface area contributed by atoms with Crippen LogP contribution >= 0.6 is 0 Å². The predicted octanol–water partition coefficient (Wildman–Crippen LogP) is -5.08. The Kier molecular flexibility index (Phi) is 59.7.